The molecule has 0 amide bonds. The second-order valence-corrected chi connectivity index (χ2v) is 4.97. The van der Waals surface area contributed by atoms with Crippen molar-refractivity contribution < 1.29 is 4.92 Å². The van der Waals surface area contributed by atoms with E-state index in [2.05, 4.69) is 26.2 Å². The molecular formula is C13H12BrN3O2. The normalized spacial score (nSPS) is 10.2. The van der Waals surface area contributed by atoms with E-state index in [1.54, 1.807) is 0 Å². The maximum Gasteiger partial charge on any atom is 0.311 e. The van der Waals surface area contributed by atoms with E-state index in [1.165, 1.54) is 12.4 Å². The van der Waals surface area contributed by atoms with Crippen LogP contribution in [-0.4, -0.2) is 9.91 Å². The van der Waals surface area contributed by atoms with Gasteiger partial charge in [0.05, 0.1) is 9.40 Å². The van der Waals surface area contributed by atoms with E-state index < -0.39 is 4.92 Å². The number of nitrogens with one attached hydrogen (secondary N) is 1. The molecule has 0 radical (unpaired) electrons. The molecule has 98 valence electrons. The predicted octanol–water partition coefficient (Wildman–Crippen LogP) is 3.67. The zero-order valence-corrected chi connectivity index (χ0v) is 11.8. The number of hydrogen-bond donors (Lipinski definition) is 1. The number of pyridine rings is 1. The van der Waals surface area contributed by atoms with Gasteiger partial charge >= 0.3 is 5.69 Å². The van der Waals surface area contributed by atoms with Gasteiger partial charge in [-0.05, 0) is 28.4 Å². The molecule has 19 heavy (non-hydrogen) atoms. The third-order valence-corrected chi connectivity index (χ3v) is 3.23. The van der Waals surface area contributed by atoms with Crippen LogP contribution in [0.3, 0.4) is 0 Å². The van der Waals surface area contributed by atoms with Crippen LogP contribution in [0, 0.1) is 17.0 Å². The highest BCUT2D eigenvalue weighted by molar-refractivity contribution is 9.10. The summed E-state index contributed by atoms with van der Waals surface area (Å²) in [6, 6.07) is 7.98. The molecule has 5 nitrogen and oxygen atoms in total. The van der Waals surface area contributed by atoms with Crippen LogP contribution in [-0.2, 0) is 6.54 Å². The molecule has 2 aromatic rings. The van der Waals surface area contributed by atoms with Crippen molar-refractivity contribution in [1.82, 2.24) is 4.98 Å². The van der Waals surface area contributed by atoms with Crippen molar-refractivity contribution in [3.63, 3.8) is 0 Å². The number of aryl methyl sites for hydroxylation is 1. The first-order chi connectivity index (χ1) is 9.08. The van der Waals surface area contributed by atoms with Gasteiger partial charge in [-0.1, -0.05) is 29.8 Å². The first-order valence-corrected chi connectivity index (χ1v) is 6.44. The van der Waals surface area contributed by atoms with E-state index in [1.807, 2.05) is 31.2 Å². The van der Waals surface area contributed by atoms with Gasteiger partial charge in [0.2, 0.25) is 0 Å². The molecule has 6 heteroatoms. The zero-order valence-electron chi connectivity index (χ0n) is 10.3. The molecule has 1 aromatic heterocycles. The zero-order chi connectivity index (χ0) is 13.8. The molecule has 1 aromatic carbocycles. The number of benzene rings is 1. The van der Waals surface area contributed by atoms with Crippen molar-refractivity contribution in [2.75, 3.05) is 5.32 Å². The second kappa shape index (κ2) is 5.79. The van der Waals surface area contributed by atoms with Gasteiger partial charge in [-0.15, -0.1) is 0 Å². The number of hydrogen-bond acceptors (Lipinski definition) is 4. The fourth-order valence-corrected chi connectivity index (χ4v) is 2.21. The average Bonchev–Trinajstić information content (AvgIpc) is 2.37. The van der Waals surface area contributed by atoms with Crippen LogP contribution < -0.4 is 5.32 Å². The Labute approximate surface area is 119 Å². The molecule has 2 rings (SSSR count). The Kier molecular flexibility index (Phi) is 4.11. The molecule has 0 saturated carbocycles. The van der Waals surface area contributed by atoms with E-state index in [0.717, 1.165) is 11.1 Å². The van der Waals surface area contributed by atoms with Crippen molar-refractivity contribution in [1.29, 1.82) is 0 Å². The minimum absolute atomic E-state index is 0.0398. The highest BCUT2D eigenvalue weighted by Crippen LogP contribution is 2.31. The topological polar surface area (TPSA) is 68.1 Å². The van der Waals surface area contributed by atoms with Crippen LogP contribution in [0.15, 0.2) is 41.1 Å². The Hall–Kier alpha value is -1.95. The second-order valence-electron chi connectivity index (χ2n) is 4.12. The van der Waals surface area contributed by atoms with E-state index in [0.29, 0.717) is 16.7 Å². The van der Waals surface area contributed by atoms with Gasteiger partial charge in [-0.3, -0.25) is 15.1 Å². The summed E-state index contributed by atoms with van der Waals surface area (Å²) in [5.41, 5.74) is 2.63. The van der Waals surface area contributed by atoms with Crippen molar-refractivity contribution >= 4 is 27.3 Å². The van der Waals surface area contributed by atoms with Gasteiger partial charge in [0.1, 0.15) is 11.9 Å². The SMILES string of the molecule is Cc1cccc(CNc2c(Br)cncc2[N+](=O)[O-])c1. The fourth-order valence-electron chi connectivity index (χ4n) is 1.75. The molecule has 1 heterocycles. The number of nitrogens with zero attached hydrogens (tertiary/aromatic N) is 2. The number of anilines is 1. The molecule has 0 aliphatic rings. The Balaban J connectivity index is 2.22. The molecule has 0 spiro atoms. The van der Waals surface area contributed by atoms with Gasteiger partial charge in [0.25, 0.3) is 0 Å². The largest absolute Gasteiger partial charge is 0.374 e. The summed E-state index contributed by atoms with van der Waals surface area (Å²) in [6.45, 7) is 2.53. The molecule has 0 fully saturated rings. The van der Waals surface area contributed by atoms with Crippen molar-refractivity contribution in [3.05, 3.63) is 62.4 Å². The van der Waals surface area contributed by atoms with Crippen molar-refractivity contribution in [2.45, 2.75) is 13.5 Å². The number of aromatic nitrogens is 1. The summed E-state index contributed by atoms with van der Waals surface area (Å²) in [4.78, 5) is 14.3. The van der Waals surface area contributed by atoms with Crippen LogP contribution in [0.25, 0.3) is 0 Å². The lowest BCUT2D eigenvalue weighted by Gasteiger charge is -2.09. The minimum Gasteiger partial charge on any atom is -0.374 e. The Bertz CT molecular complexity index is 617. The third-order valence-electron chi connectivity index (χ3n) is 2.63. The Morgan fingerprint density at radius 1 is 1.42 bits per heavy atom. The van der Waals surface area contributed by atoms with Gasteiger partial charge in [0, 0.05) is 12.7 Å². The standard InChI is InChI=1S/C13H12BrN3O2/c1-9-3-2-4-10(5-9)6-16-13-11(14)7-15-8-12(13)17(18)19/h2-5,7-8H,6H2,1H3,(H,15,16). The highest BCUT2D eigenvalue weighted by Gasteiger charge is 2.16. The Morgan fingerprint density at radius 2 is 2.21 bits per heavy atom. The number of nitro groups is 1. The summed E-state index contributed by atoms with van der Waals surface area (Å²) in [5.74, 6) is 0. The lowest BCUT2D eigenvalue weighted by atomic mass is 10.1. The maximum atomic E-state index is 10.9. The van der Waals surface area contributed by atoms with Gasteiger partial charge in [0.15, 0.2) is 0 Å². The number of rotatable bonds is 4. The van der Waals surface area contributed by atoms with Gasteiger partial charge < -0.3 is 5.32 Å². The van der Waals surface area contributed by atoms with Crippen LogP contribution in [0.5, 0.6) is 0 Å². The van der Waals surface area contributed by atoms with E-state index in [-0.39, 0.29) is 5.69 Å². The third kappa shape index (κ3) is 3.29. The van der Waals surface area contributed by atoms with E-state index >= 15 is 0 Å². The minimum atomic E-state index is -0.448. The monoisotopic (exact) mass is 321 g/mol. The molecule has 0 aliphatic heterocycles. The van der Waals surface area contributed by atoms with Crippen LogP contribution in [0.2, 0.25) is 0 Å². The predicted molar refractivity (Wildman–Crippen MR) is 77.1 cm³/mol. The molecule has 0 aliphatic carbocycles. The molecule has 0 saturated heterocycles. The summed E-state index contributed by atoms with van der Waals surface area (Å²) in [5, 5.41) is 14.0. The smallest absolute Gasteiger partial charge is 0.311 e. The summed E-state index contributed by atoms with van der Waals surface area (Å²) in [7, 11) is 0. The van der Waals surface area contributed by atoms with Crippen molar-refractivity contribution in [3.8, 4) is 0 Å². The van der Waals surface area contributed by atoms with E-state index in [9.17, 15) is 10.1 Å². The maximum absolute atomic E-state index is 10.9. The van der Waals surface area contributed by atoms with Gasteiger partial charge in [-0.2, -0.15) is 0 Å². The lowest BCUT2D eigenvalue weighted by molar-refractivity contribution is -0.384. The molecule has 0 unspecified atom stereocenters. The first-order valence-electron chi connectivity index (χ1n) is 5.65. The molecule has 0 bridgehead atoms. The Morgan fingerprint density at radius 3 is 2.89 bits per heavy atom. The summed E-state index contributed by atoms with van der Waals surface area (Å²) < 4.78 is 0.578. The highest BCUT2D eigenvalue weighted by atomic mass is 79.9. The van der Waals surface area contributed by atoms with Crippen LogP contribution in [0.1, 0.15) is 11.1 Å². The molecular weight excluding hydrogens is 310 g/mol. The summed E-state index contributed by atoms with van der Waals surface area (Å²) >= 11 is 3.27. The lowest BCUT2D eigenvalue weighted by Crippen LogP contribution is -2.04. The van der Waals surface area contributed by atoms with Crippen LogP contribution in [0.4, 0.5) is 11.4 Å². The van der Waals surface area contributed by atoms with Crippen LogP contribution >= 0.6 is 15.9 Å². The molecule has 0 atom stereocenters. The van der Waals surface area contributed by atoms with E-state index in [4.69, 9.17) is 0 Å². The summed E-state index contributed by atoms with van der Waals surface area (Å²) in [6.07, 6.45) is 2.77. The first kappa shape index (κ1) is 13.5. The fraction of sp³-hybridized carbons (Fsp3) is 0.154. The number of halogens is 1. The average molecular weight is 322 g/mol. The van der Waals surface area contributed by atoms with Crippen molar-refractivity contribution in [2.24, 2.45) is 0 Å². The molecule has 1 N–H and O–H groups in total. The quantitative estimate of drug-likeness (QED) is 0.689. The van der Waals surface area contributed by atoms with Gasteiger partial charge in [-0.25, -0.2) is 0 Å².